The SMILES string of the molecule is COc1cc2c(cc1OC)[C@H](COc1ccccc1OC)N(C(=O)COc1ccc3ccccc3c1)CC2. The highest BCUT2D eigenvalue weighted by Crippen LogP contribution is 2.39. The Balaban J connectivity index is 1.40. The normalized spacial score (nSPS) is 14.5. The lowest BCUT2D eigenvalue weighted by atomic mass is 9.92. The Morgan fingerprint density at radius 2 is 1.45 bits per heavy atom. The van der Waals surface area contributed by atoms with Gasteiger partial charge in [-0.05, 0) is 64.7 Å². The molecule has 7 heteroatoms. The molecule has 0 aromatic heterocycles. The number of nitrogens with zero attached hydrogens (tertiary/aromatic N) is 1. The molecule has 38 heavy (non-hydrogen) atoms. The molecule has 0 N–H and O–H groups in total. The lowest BCUT2D eigenvalue weighted by Crippen LogP contribution is -2.44. The molecule has 0 saturated heterocycles. The van der Waals surface area contributed by atoms with Crippen molar-refractivity contribution < 1.29 is 28.5 Å². The van der Waals surface area contributed by atoms with Gasteiger partial charge in [0.25, 0.3) is 5.91 Å². The number of methoxy groups -OCH3 is 3. The van der Waals surface area contributed by atoms with Gasteiger partial charge in [0.1, 0.15) is 12.4 Å². The zero-order valence-corrected chi connectivity index (χ0v) is 21.8. The molecule has 1 aliphatic rings. The van der Waals surface area contributed by atoms with Crippen LogP contribution >= 0.6 is 0 Å². The largest absolute Gasteiger partial charge is 0.493 e. The van der Waals surface area contributed by atoms with E-state index in [1.54, 1.807) is 21.3 Å². The third kappa shape index (κ3) is 5.18. The van der Waals surface area contributed by atoms with Gasteiger partial charge in [0.15, 0.2) is 29.6 Å². The monoisotopic (exact) mass is 513 g/mol. The van der Waals surface area contributed by atoms with Gasteiger partial charge >= 0.3 is 0 Å². The summed E-state index contributed by atoms with van der Waals surface area (Å²) in [6, 6.07) is 24.9. The summed E-state index contributed by atoms with van der Waals surface area (Å²) in [5.41, 5.74) is 2.05. The number of hydrogen-bond acceptors (Lipinski definition) is 6. The summed E-state index contributed by atoms with van der Waals surface area (Å²) in [5, 5.41) is 2.19. The van der Waals surface area contributed by atoms with Gasteiger partial charge in [-0.25, -0.2) is 0 Å². The van der Waals surface area contributed by atoms with Crippen molar-refractivity contribution in [2.75, 3.05) is 41.1 Å². The number of para-hydroxylation sites is 2. The zero-order chi connectivity index (χ0) is 26.5. The highest BCUT2D eigenvalue weighted by Gasteiger charge is 2.33. The molecule has 7 nitrogen and oxygen atoms in total. The number of carbonyl (C=O) groups excluding carboxylic acids is 1. The molecular formula is C31H31NO6. The van der Waals surface area contributed by atoms with Crippen molar-refractivity contribution in [3.63, 3.8) is 0 Å². The minimum atomic E-state index is -0.351. The summed E-state index contributed by atoms with van der Waals surface area (Å²) in [6.07, 6.45) is 0.683. The summed E-state index contributed by atoms with van der Waals surface area (Å²) in [6.45, 7) is 0.693. The highest BCUT2D eigenvalue weighted by molar-refractivity contribution is 5.84. The molecule has 0 aliphatic carbocycles. The molecule has 4 aromatic rings. The van der Waals surface area contributed by atoms with E-state index in [0.717, 1.165) is 21.9 Å². The minimum absolute atomic E-state index is 0.0773. The van der Waals surface area contributed by atoms with E-state index in [1.165, 1.54) is 0 Å². The average Bonchev–Trinajstić information content (AvgIpc) is 2.97. The number of rotatable bonds is 9. The topological polar surface area (TPSA) is 66.5 Å². The van der Waals surface area contributed by atoms with Gasteiger partial charge in [0.05, 0.1) is 27.4 Å². The fourth-order valence-corrected chi connectivity index (χ4v) is 4.90. The third-order valence-corrected chi connectivity index (χ3v) is 6.87. The fourth-order valence-electron chi connectivity index (χ4n) is 4.90. The molecule has 0 radical (unpaired) electrons. The van der Waals surface area contributed by atoms with Gasteiger partial charge in [-0.1, -0.05) is 42.5 Å². The van der Waals surface area contributed by atoms with Crippen molar-refractivity contribution in [2.24, 2.45) is 0 Å². The Hall–Kier alpha value is -4.39. The lowest BCUT2D eigenvalue weighted by Gasteiger charge is -2.37. The first-order valence-electron chi connectivity index (χ1n) is 12.5. The maximum atomic E-state index is 13.5. The average molecular weight is 514 g/mol. The second kappa shape index (κ2) is 11.3. The van der Waals surface area contributed by atoms with Crippen molar-refractivity contribution in [1.29, 1.82) is 0 Å². The second-order valence-electron chi connectivity index (χ2n) is 9.02. The lowest BCUT2D eigenvalue weighted by molar-refractivity contribution is -0.137. The number of benzene rings is 4. The molecule has 0 unspecified atom stereocenters. The molecule has 196 valence electrons. The predicted molar refractivity (Wildman–Crippen MR) is 146 cm³/mol. The van der Waals surface area contributed by atoms with Crippen LogP contribution in [0.4, 0.5) is 0 Å². The van der Waals surface area contributed by atoms with Crippen molar-refractivity contribution in [1.82, 2.24) is 4.90 Å². The smallest absolute Gasteiger partial charge is 0.261 e. The molecule has 0 saturated carbocycles. The predicted octanol–water partition coefficient (Wildman–Crippen LogP) is 5.45. The molecule has 0 spiro atoms. The van der Waals surface area contributed by atoms with E-state index in [1.807, 2.05) is 83.8 Å². The van der Waals surface area contributed by atoms with Gasteiger partial charge in [-0.3, -0.25) is 4.79 Å². The molecule has 0 bridgehead atoms. The van der Waals surface area contributed by atoms with Crippen LogP contribution in [-0.2, 0) is 11.2 Å². The van der Waals surface area contributed by atoms with Crippen LogP contribution in [0.25, 0.3) is 10.8 Å². The third-order valence-electron chi connectivity index (χ3n) is 6.87. The zero-order valence-electron chi connectivity index (χ0n) is 21.8. The Bertz CT molecular complexity index is 1440. The molecular weight excluding hydrogens is 482 g/mol. The van der Waals surface area contributed by atoms with Crippen LogP contribution in [0.1, 0.15) is 17.2 Å². The van der Waals surface area contributed by atoms with Gasteiger partial charge < -0.3 is 28.6 Å². The van der Waals surface area contributed by atoms with Crippen molar-refractivity contribution in [3.8, 4) is 28.7 Å². The number of ether oxygens (including phenoxy) is 5. The number of amides is 1. The second-order valence-corrected chi connectivity index (χ2v) is 9.02. The number of fused-ring (bicyclic) bond motifs is 2. The Kier molecular flexibility index (Phi) is 7.54. The summed E-state index contributed by atoms with van der Waals surface area (Å²) < 4.78 is 28.7. The van der Waals surface area contributed by atoms with Crippen LogP contribution < -0.4 is 23.7 Å². The van der Waals surface area contributed by atoms with Crippen molar-refractivity contribution in [3.05, 3.63) is 90.0 Å². The fraction of sp³-hybridized carbons (Fsp3) is 0.258. The summed E-state index contributed by atoms with van der Waals surface area (Å²) >= 11 is 0. The molecule has 4 aromatic carbocycles. The standard InChI is InChI=1S/C31H31NO6/c1-34-27-10-6-7-11-28(27)38-19-26-25-18-30(36-3)29(35-2)17-23(25)14-15-32(26)31(33)20-37-24-13-12-21-8-4-5-9-22(21)16-24/h4-13,16-18,26H,14-15,19-20H2,1-3H3/t26-/m0/s1. The number of carbonyl (C=O) groups is 1. The molecule has 0 fully saturated rings. The molecule has 1 heterocycles. The van der Waals surface area contributed by atoms with E-state index in [-0.39, 0.29) is 25.2 Å². The Morgan fingerprint density at radius 1 is 0.763 bits per heavy atom. The quantitative estimate of drug-likeness (QED) is 0.297. The first-order chi connectivity index (χ1) is 18.6. The van der Waals surface area contributed by atoms with E-state index in [2.05, 4.69) is 0 Å². The summed E-state index contributed by atoms with van der Waals surface area (Å²) in [5.74, 6) is 3.05. The van der Waals surface area contributed by atoms with Crippen LogP contribution in [0.5, 0.6) is 28.7 Å². The van der Waals surface area contributed by atoms with Gasteiger partial charge in [0, 0.05) is 6.54 Å². The summed E-state index contributed by atoms with van der Waals surface area (Å²) in [7, 11) is 4.83. The van der Waals surface area contributed by atoms with Crippen molar-refractivity contribution >= 4 is 16.7 Å². The minimum Gasteiger partial charge on any atom is -0.493 e. The first-order valence-corrected chi connectivity index (χ1v) is 12.5. The van der Waals surface area contributed by atoms with Gasteiger partial charge in [-0.2, -0.15) is 0 Å². The van der Waals surface area contributed by atoms with Crippen LogP contribution in [0, 0.1) is 0 Å². The van der Waals surface area contributed by atoms with E-state index < -0.39 is 0 Å². The Labute approximate surface area is 222 Å². The van der Waals surface area contributed by atoms with E-state index >= 15 is 0 Å². The van der Waals surface area contributed by atoms with Crippen LogP contribution in [0.15, 0.2) is 78.9 Å². The highest BCUT2D eigenvalue weighted by atomic mass is 16.5. The first kappa shape index (κ1) is 25.3. The van der Waals surface area contributed by atoms with Crippen LogP contribution in [0.3, 0.4) is 0 Å². The molecule has 5 rings (SSSR count). The maximum Gasteiger partial charge on any atom is 0.261 e. The van der Waals surface area contributed by atoms with Gasteiger partial charge in [0.2, 0.25) is 0 Å². The van der Waals surface area contributed by atoms with Crippen LogP contribution in [-0.4, -0.2) is 51.9 Å². The van der Waals surface area contributed by atoms with Crippen molar-refractivity contribution in [2.45, 2.75) is 12.5 Å². The van der Waals surface area contributed by atoms with Gasteiger partial charge in [-0.15, -0.1) is 0 Å². The Morgan fingerprint density at radius 3 is 2.21 bits per heavy atom. The van der Waals surface area contributed by atoms with E-state index in [4.69, 9.17) is 23.7 Å². The number of hydrogen-bond donors (Lipinski definition) is 0. The summed E-state index contributed by atoms with van der Waals surface area (Å²) in [4.78, 5) is 15.4. The molecule has 1 atom stereocenters. The van der Waals surface area contributed by atoms with E-state index in [0.29, 0.717) is 41.7 Å². The maximum absolute atomic E-state index is 13.5. The van der Waals surface area contributed by atoms with E-state index in [9.17, 15) is 4.79 Å². The molecule has 1 amide bonds. The molecule has 1 aliphatic heterocycles. The van der Waals surface area contributed by atoms with Crippen LogP contribution in [0.2, 0.25) is 0 Å².